The average Bonchev–Trinajstić information content (AvgIpc) is 2.32. The fraction of sp³-hybridized carbons (Fsp3) is 0.462. The lowest BCUT2D eigenvalue weighted by molar-refractivity contribution is -0.138. The molecule has 0 aliphatic heterocycles. The summed E-state index contributed by atoms with van der Waals surface area (Å²) in [6.45, 7) is 0. The minimum atomic E-state index is -1.19. The van der Waals surface area contributed by atoms with Crippen LogP contribution in [0.4, 0.5) is 0 Å². The van der Waals surface area contributed by atoms with Crippen LogP contribution < -0.4 is 15.2 Å². The van der Waals surface area contributed by atoms with Crippen molar-refractivity contribution in [3.63, 3.8) is 0 Å². The van der Waals surface area contributed by atoms with Gasteiger partial charge in [-0.05, 0) is 25.3 Å². The van der Waals surface area contributed by atoms with E-state index in [0.717, 1.165) is 19.3 Å². The third kappa shape index (κ3) is 2.93. The molecule has 1 aliphatic rings. The van der Waals surface area contributed by atoms with E-state index in [0.29, 0.717) is 22.1 Å². The summed E-state index contributed by atoms with van der Waals surface area (Å²) in [6.07, 6.45) is 3.11. The second-order valence-corrected chi connectivity index (χ2v) is 4.95. The molecule has 0 aromatic heterocycles. The lowest BCUT2D eigenvalue weighted by Gasteiger charge is -2.29. The van der Waals surface area contributed by atoms with Gasteiger partial charge < -0.3 is 20.3 Å². The van der Waals surface area contributed by atoms with Crippen LogP contribution in [0, 0.1) is 0 Å². The molecule has 1 aliphatic carbocycles. The highest BCUT2D eigenvalue weighted by Gasteiger charge is 2.27. The molecule has 1 saturated carbocycles. The van der Waals surface area contributed by atoms with Crippen molar-refractivity contribution in [3.05, 3.63) is 22.7 Å². The van der Waals surface area contributed by atoms with Crippen molar-refractivity contribution in [1.29, 1.82) is 0 Å². The van der Waals surface area contributed by atoms with Crippen molar-refractivity contribution in [2.45, 2.75) is 31.4 Å². The normalized spacial score (nSPS) is 16.6. The Balaban J connectivity index is 2.41. The van der Waals surface area contributed by atoms with Crippen molar-refractivity contribution in [3.8, 4) is 11.5 Å². The summed E-state index contributed by atoms with van der Waals surface area (Å²) < 4.78 is 11.0. The molecule has 0 bridgehead atoms. The Morgan fingerprint density at radius 1 is 1.53 bits per heavy atom. The second kappa shape index (κ2) is 5.67. The molecular formula is C13H16ClNO4. The molecule has 2 rings (SSSR count). The Bertz CT molecular complexity index is 488. The van der Waals surface area contributed by atoms with E-state index in [-0.39, 0.29) is 6.10 Å². The van der Waals surface area contributed by atoms with Crippen LogP contribution in [0.25, 0.3) is 0 Å². The van der Waals surface area contributed by atoms with Gasteiger partial charge in [-0.25, -0.2) is 0 Å². The van der Waals surface area contributed by atoms with Gasteiger partial charge in [-0.1, -0.05) is 11.6 Å². The van der Waals surface area contributed by atoms with Crippen LogP contribution in [0.1, 0.15) is 30.9 Å². The van der Waals surface area contributed by atoms with Crippen LogP contribution in [0.5, 0.6) is 11.5 Å². The van der Waals surface area contributed by atoms with Crippen molar-refractivity contribution in [2.24, 2.45) is 5.73 Å². The number of nitrogens with two attached hydrogens (primary N) is 1. The van der Waals surface area contributed by atoms with E-state index in [4.69, 9.17) is 31.9 Å². The van der Waals surface area contributed by atoms with Gasteiger partial charge in [-0.2, -0.15) is 0 Å². The number of carboxylic acid groups (broad SMARTS) is 1. The predicted molar refractivity (Wildman–Crippen MR) is 70.8 cm³/mol. The third-order valence-corrected chi connectivity index (χ3v) is 3.42. The molecule has 1 aromatic carbocycles. The molecule has 19 heavy (non-hydrogen) atoms. The molecule has 6 heteroatoms. The molecule has 3 N–H and O–H groups in total. The maximum atomic E-state index is 11.1. The van der Waals surface area contributed by atoms with Crippen LogP contribution in [-0.4, -0.2) is 24.3 Å². The molecule has 1 aromatic rings. The zero-order valence-corrected chi connectivity index (χ0v) is 11.3. The van der Waals surface area contributed by atoms with Gasteiger partial charge in [0.25, 0.3) is 0 Å². The topological polar surface area (TPSA) is 81.8 Å². The molecular weight excluding hydrogens is 270 g/mol. The van der Waals surface area contributed by atoms with Crippen LogP contribution in [0.2, 0.25) is 5.02 Å². The van der Waals surface area contributed by atoms with Gasteiger partial charge in [0.15, 0.2) is 11.5 Å². The molecule has 5 nitrogen and oxygen atoms in total. The Morgan fingerprint density at radius 2 is 2.21 bits per heavy atom. The average molecular weight is 286 g/mol. The van der Waals surface area contributed by atoms with Gasteiger partial charge in [0.05, 0.1) is 13.2 Å². The number of methoxy groups -OCH3 is 1. The smallest absolute Gasteiger partial charge is 0.325 e. The Labute approximate surface area is 116 Å². The lowest BCUT2D eigenvalue weighted by atomic mass is 9.96. The number of carbonyl (C=O) groups is 1. The minimum Gasteiger partial charge on any atom is -0.493 e. The first kappa shape index (κ1) is 14.0. The van der Waals surface area contributed by atoms with Crippen molar-refractivity contribution >= 4 is 17.6 Å². The number of ether oxygens (including phenoxy) is 2. The first-order chi connectivity index (χ1) is 9.02. The largest absolute Gasteiger partial charge is 0.493 e. The zero-order chi connectivity index (χ0) is 14.0. The molecule has 0 heterocycles. The Morgan fingerprint density at radius 3 is 2.68 bits per heavy atom. The van der Waals surface area contributed by atoms with E-state index in [1.165, 1.54) is 13.2 Å². The fourth-order valence-electron chi connectivity index (χ4n) is 1.89. The number of halogens is 1. The highest BCUT2D eigenvalue weighted by Crippen LogP contribution is 2.40. The summed E-state index contributed by atoms with van der Waals surface area (Å²) in [5, 5.41) is 9.42. The molecule has 0 radical (unpaired) electrons. The molecule has 1 unspecified atom stereocenters. The van der Waals surface area contributed by atoms with Crippen molar-refractivity contribution < 1.29 is 19.4 Å². The first-order valence-corrected chi connectivity index (χ1v) is 6.43. The quantitative estimate of drug-likeness (QED) is 0.868. The molecule has 104 valence electrons. The molecule has 0 spiro atoms. The van der Waals surface area contributed by atoms with Gasteiger partial charge in [0, 0.05) is 16.7 Å². The number of benzene rings is 1. The highest BCUT2D eigenvalue weighted by molar-refractivity contribution is 6.30. The second-order valence-electron chi connectivity index (χ2n) is 4.51. The van der Waals surface area contributed by atoms with Crippen LogP contribution in [-0.2, 0) is 4.79 Å². The first-order valence-electron chi connectivity index (χ1n) is 6.05. The monoisotopic (exact) mass is 285 g/mol. The van der Waals surface area contributed by atoms with E-state index >= 15 is 0 Å². The summed E-state index contributed by atoms with van der Waals surface area (Å²) >= 11 is 5.95. The summed E-state index contributed by atoms with van der Waals surface area (Å²) in [5.41, 5.74) is 6.01. The van der Waals surface area contributed by atoms with Crippen LogP contribution in [0.3, 0.4) is 0 Å². The van der Waals surface area contributed by atoms with E-state index < -0.39 is 12.0 Å². The number of carboxylic acids is 1. The zero-order valence-electron chi connectivity index (χ0n) is 10.6. The molecule has 0 amide bonds. The maximum absolute atomic E-state index is 11.1. The number of hydrogen-bond acceptors (Lipinski definition) is 4. The van der Waals surface area contributed by atoms with Crippen LogP contribution >= 0.6 is 11.6 Å². The molecule has 0 saturated heterocycles. The van der Waals surface area contributed by atoms with Gasteiger partial charge >= 0.3 is 5.97 Å². The SMILES string of the molecule is COc1cc(Cl)cc(C(N)C(=O)O)c1OC1CCC1. The van der Waals surface area contributed by atoms with E-state index in [2.05, 4.69) is 0 Å². The Kier molecular flexibility index (Phi) is 4.17. The molecule has 1 fully saturated rings. The van der Waals surface area contributed by atoms with Crippen LogP contribution in [0.15, 0.2) is 12.1 Å². The summed E-state index contributed by atoms with van der Waals surface area (Å²) in [6, 6.07) is 1.91. The number of hydrogen-bond donors (Lipinski definition) is 2. The van der Waals surface area contributed by atoms with Crippen molar-refractivity contribution in [1.82, 2.24) is 0 Å². The van der Waals surface area contributed by atoms with Gasteiger partial charge in [0.1, 0.15) is 6.04 Å². The van der Waals surface area contributed by atoms with E-state index in [9.17, 15) is 4.79 Å². The summed E-state index contributed by atoms with van der Waals surface area (Å²) in [5.74, 6) is -0.347. The summed E-state index contributed by atoms with van der Waals surface area (Å²) in [4.78, 5) is 11.1. The maximum Gasteiger partial charge on any atom is 0.325 e. The standard InChI is InChI=1S/C13H16ClNO4/c1-18-10-6-7(14)5-9(11(15)13(16)17)12(10)19-8-3-2-4-8/h5-6,8,11H,2-4,15H2,1H3,(H,16,17). The molecule has 1 atom stereocenters. The van der Waals surface area contributed by atoms with Gasteiger partial charge in [-0.15, -0.1) is 0 Å². The fourth-order valence-corrected chi connectivity index (χ4v) is 2.10. The van der Waals surface area contributed by atoms with E-state index in [1.54, 1.807) is 6.07 Å². The number of rotatable bonds is 5. The summed E-state index contributed by atoms with van der Waals surface area (Å²) in [7, 11) is 1.48. The van der Waals surface area contributed by atoms with Gasteiger partial charge in [0.2, 0.25) is 0 Å². The predicted octanol–water partition coefficient (Wildman–Crippen LogP) is 2.36. The van der Waals surface area contributed by atoms with E-state index in [1.807, 2.05) is 0 Å². The van der Waals surface area contributed by atoms with Gasteiger partial charge in [-0.3, -0.25) is 4.79 Å². The Hall–Kier alpha value is -1.46. The highest BCUT2D eigenvalue weighted by atomic mass is 35.5. The minimum absolute atomic E-state index is 0.0924. The lowest BCUT2D eigenvalue weighted by Crippen LogP contribution is -2.27. The number of aliphatic carboxylic acids is 1. The third-order valence-electron chi connectivity index (χ3n) is 3.21. The van der Waals surface area contributed by atoms with Crippen molar-refractivity contribution in [2.75, 3.05) is 7.11 Å².